The normalized spacial score (nSPS) is 12.4. The third kappa shape index (κ3) is 3.65. The van der Waals surface area contributed by atoms with Gasteiger partial charge in [-0.1, -0.05) is 11.8 Å². The molecule has 0 radical (unpaired) electrons. The highest BCUT2D eigenvalue weighted by Crippen LogP contribution is 2.23. The second-order valence-electron chi connectivity index (χ2n) is 4.22. The molecule has 100 valence electrons. The molecule has 0 amide bonds. The van der Waals surface area contributed by atoms with Gasteiger partial charge in [0.2, 0.25) is 0 Å². The molecule has 0 fully saturated rings. The highest BCUT2D eigenvalue weighted by Gasteiger charge is 2.05. The SMILES string of the molecule is CNC(C)c1ccc(Sc2nc(C)cc(=O)[nH]2)cn1. The fourth-order valence-electron chi connectivity index (χ4n) is 1.57. The molecule has 6 heteroatoms. The summed E-state index contributed by atoms with van der Waals surface area (Å²) < 4.78 is 0. The number of pyridine rings is 1. The van der Waals surface area contributed by atoms with Crippen molar-refractivity contribution in [3.8, 4) is 0 Å². The van der Waals surface area contributed by atoms with Crippen molar-refractivity contribution in [1.29, 1.82) is 0 Å². The molecule has 0 aromatic carbocycles. The maximum Gasteiger partial charge on any atom is 0.251 e. The summed E-state index contributed by atoms with van der Waals surface area (Å²) in [5.74, 6) is 0. The van der Waals surface area contributed by atoms with E-state index in [0.29, 0.717) is 10.9 Å². The largest absolute Gasteiger partial charge is 0.312 e. The first-order valence-electron chi connectivity index (χ1n) is 5.97. The minimum absolute atomic E-state index is 0.136. The molecule has 0 aliphatic rings. The summed E-state index contributed by atoms with van der Waals surface area (Å²) in [6.07, 6.45) is 1.79. The Morgan fingerprint density at radius 1 is 1.42 bits per heavy atom. The van der Waals surface area contributed by atoms with E-state index in [2.05, 4.69) is 27.2 Å². The van der Waals surface area contributed by atoms with Gasteiger partial charge in [0.25, 0.3) is 5.56 Å². The Labute approximate surface area is 115 Å². The highest BCUT2D eigenvalue weighted by molar-refractivity contribution is 7.99. The van der Waals surface area contributed by atoms with Crippen molar-refractivity contribution in [3.63, 3.8) is 0 Å². The quantitative estimate of drug-likeness (QED) is 0.835. The lowest BCUT2D eigenvalue weighted by Gasteiger charge is -2.09. The lowest BCUT2D eigenvalue weighted by molar-refractivity contribution is 0.631. The second kappa shape index (κ2) is 5.99. The monoisotopic (exact) mass is 276 g/mol. The van der Waals surface area contributed by atoms with Crippen LogP contribution in [0.5, 0.6) is 0 Å². The molecule has 0 aliphatic carbocycles. The highest BCUT2D eigenvalue weighted by atomic mass is 32.2. The predicted molar refractivity (Wildman–Crippen MR) is 75.4 cm³/mol. The summed E-state index contributed by atoms with van der Waals surface area (Å²) in [4.78, 5) is 23.7. The Bertz CT molecular complexity index is 609. The topological polar surface area (TPSA) is 70.7 Å². The first-order chi connectivity index (χ1) is 9.08. The van der Waals surface area contributed by atoms with Crippen molar-refractivity contribution in [2.45, 2.75) is 29.9 Å². The predicted octanol–water partition coefficient (Wildman–Crippen LogP) is 1.90. The van der Waals surface area contributed by atoms with Crippen LogP contribution in [0.1, 0.15) is 24.4 Å². The summed E-state index contributed by atoms with van der Waals surface area (Å²) in [6.45, 7) is 3.85. The number of hydrogen-bond donors (Lipinski definition) is 2. The van der Waals surface area contributed by atoms with Gasteiger partial charge in [0, 0.05) is 28.9 Å². The fourth-order valence-corrected chi connectivity index (χ4v) is 2.37. The second-order valence-corrected chi connectivity index (χ2v) is 5.29. The van der Waals surface area contributed by atoms with Gasteiger partial charge in [-0.15, -0.1) is 0 Å². The molecular formula is C13H16N4OS. The number of aryl methyl sites for hydroxylation is 1. The van der Waals surface area contributed by atoms with Gasteiger partial charge in [-0.25, -0.2) is 4.98 Å². The van der Waals surface area contributed by atoms with Crippen LogP contribution in [-0.2, 0) is 0 Å². The minimum atomic E-state index is -0.136. The lowest BCUT2D eigenvalue weighted by atomic mass is 10.2. The van der Waals surface area contributed by atoms with Crippen molar-refractivity contribution in [1.82, 2.24) is 20.3 Å². The first kappa shape index (κ1) is 13.8. The van der Waals surface area contributed by atoms with Crippen LogP contribution in [0.25, 0.3) is 0 Å². The van der Waals surface area contributed by atoms with Gasteiger partial charge in [0.1, 0.15) is 0 Å². The number of nitrogens with zero attached hydrogens (tertiary/aromatic N) is 2. The molecule has 0 saturated carbocycles. The maximum absolute atomic E-state index is 11.4. The molecule has 0 spiro atoms. The van der Waals surface area contributed by atoms with Crippen LogP contribution in [0, 0.1) is 6.92 Å². The fraction of sp³-hybridized carbons (Fsp3) is 0.308. The summed E-state index contributed by atoms with van der Waals surface area (Å²) >= 11 is 1.39. The van der Waals surface area contributed by atoms with Crippen molar-refractivity contribution < 1.29 is 0 Å². The van der Waals surface area contributed by atoms with E-state index >= 15 is 0 Å². The Morgan fingerprint density at radius 2 is 2.21 bits per heavy atom. The molecule has 2 aromatic rings. The average molecular weight is 276 g/mol. The molecular weight excluding hydrogens is 260 g/mol. The third-order valence-corrected chi connectivity index (χ3v) is 3.56. The van der Waals surface area contributed by atoms with E-state index in [9.17, 15) is 4.79 Å². The molecule has 2 aromatic heterocycles. The van der Waals surface area contributed by atoms with Crippen LogP contribution in [0.15, 0.2) is 39.2 Å². The molecule has 19 heavy (non-hydrogen) atoms. The van der Waals surface area contributed by atoms with Crippen LogP contribution in [-0.4, -0.2) is 22.0 Å². The van der Waals surface area contributed by atoms with Crippen LogP contribution in [0.4, 0.5) is 0 Å². The standard InChI is InChI=1S/C13H16N4OS/c1-8-6-12(18)17-13(16-8)19-10-4-5-11(15-7-10)9(2)14-3/h4-7,9,14H,1-3H3,(H,16,17,18). The Kier molecular flexibility index (Phi) is 4.34. The summed E-state index contributed by atoms with van der Waals surface area (Å²) in [6, 6.07) is 5.64. The van der Waals surface area contributed by atoms with E-state index in [1.165, 1.54) is 17.8 Å². The molecule has 1 atom stereocenters. The molecule has 2 N–H and O–H groups in total. The molecule has 1 unspecified atom stereocenters. The number of rotatable bonds is 4. The Hall–Kier alpha value is -1.66. The zero-order valence-electron chi connectivity index (χ0n) is 11.1. The number of H-pyrrole nitrogens is 1. The Morgan fingerprint density at radius 3 is 2.79 bits per heavy atom. The molecule has 2 heterocycles. The third-order valence-electron chi connectivity index (χ3n) is 2.70. The van der Waals surface area contributed by atoms with Gasteiger partial charge in [-0.3, -0.25) is 9.78 Å². The first-order valence-corrected chi connectivity index (χ1v) is 6.79. The smallest absolute Gasteiger partial charge is 0.251 e. The van der Waals surface area contributed by atoms with Crippen molar-refractivity contribution in [2.24, 2.45) is 0 Å². The number of nitrogens with one attached hydrogen (secondary N) is 2. The minimum Gasteiger partial charge on any atom is -0.312 e. The van der Waals surface area contributed by atoms with E-state index in [4.69, 9.17) is 0 Å². The number of aromatic amines is 1. The average Bonchev–Trinajstić information content (AvgIpc) is 2.37. The number of hydrogen-bond acceptors (Lipinski definition) is 5. The van der Waals surface area contributed by atoms with E-state index in [0.717, 1.165) is 10.6 Å². The van der Waals surface area contributed by atoms with E-state index in [1.54, 1.807) is 13.1 Å². The Balaban J connectivity index is 2.17. The van der Waals surface area contributed by atoms with E-state index in [-0.39, 0.29) is 11.6 Å². The van der Waals surface area contributed by atoms with Crippen LogP contribution in [0.3, 0.4) is 0 Å². The van der Waals surface area contributed by atoms with Gasteiger partial charge >= 0.3 is 0 Å². The van der Waals surface area contributed by atoms with E-state index < -0.39 is 0 Å². The van der Waals surface area contributed by atoms with E-state index in [1.807, 2.05) is 19.2 Å². The van der Waals surface area contributed by atoms with Crippen molar-refractivity contribution >= 4 is 11.8 Å². The van der Waals surface area contributed by atoms with Crippen LogP contribution >= 0.6 is 11.8 Å². The van der Waals surface area contributed by atoms with Gasteiger partial charge in [-0.2, -0.15) is 0 Å². The zero-order valence-corrected chi connectivity index (χ0v) is 11.9. The molecule has 0 aliphatic heterocycles. The zero-order chi connectivity index (χ0) is 13.8. The molecule has 5 nitrogen and oxygen atoms in total. The van der Waals surface area contributed by atoms with Crippen molar-refractivity contribution in [2.75, 3.05) is 7.05 Å². The number of aromatic nitrogens is 3. The van der Waals surface area contributed by atoms with Crippen LogP contribution < -0.4 is 10.9 Å². The van der Waals surface area contributed by atoms with Crippen LogP contribution in [0.2, 0.25) is 0 Å². The molecule has 2 rings (SSSR count). The lowest BCUT2D eigenvalue weighted by Crippen LogP contribution is -2.13. The molecule has 0 bridgehead atoms. The van der Waals surface area contributed by atoms with Crippen molar-refractivity contribution in [3.05, 3.63) is 46.1 Å². The van der Waals surface area contributed by atoms with Gasteiger partial charge in [0.05, 0.1) is 5.69 Å². The van der Waals surface area contributed by atoms with Gasteiger partial charge in [-0.05, 0) is 33.0 Å². The maximum atomic E-state index is 11.4. The van der Waals surface area contributed by atoms with Gasteiger partial charge in [0.15, 0.2) is 5.16 Å². The summed E-state index contributed by atoms with van der Waals surface area (Å²) in [5.41, 5.74) is 1.56. The van der Waals surface area contributed by atoms with Gasteiger partial charge < -0.3 is 10.3 Å². The molecule has 0 saturated heterocycles. The summed E-state index contributed by atoms with van der Waals surface area (Å²) in [7, 11) is 1.90. The summed E-state index contributed by atoms with van der Waals surface area (Å²) in [5, 5.41) is 3.72.